The molecule has 1 aromatic carbocycles. The highest BCUT2D eigenvalue weighted by Gasteiger charge is 2.32. The molecule has 6 rings (SSSR count). The summed E-state index contributed by atoms with van der Waals surface area (Å²) in [5.74, 6) is -0.433. The molecule has 1 aliphatic carbocycles. The van der Waals surface area contributed by atoms with Crippen LogP contribution in [0.3, 0.4) is 0 Å². The Labute approximate surface area is 258 Å². The van der Waals surface area contributed by atoms with Crippen molar-refractivity contribution in [1.29, 1.82) is 0 Å². The average molecular weight is 606 g/mol. The largest absolute Gasteiger partial charge is 0.449 e. The summed E-state index contributed by atoms with van der Waals surface area (Å²) in [6, 6.07) is 7.55. The number of pyridine rings is 2. The van der Waals surface area contributed by atoms with Crippen molar-refractivity contribution in [1.82, 2.24) is 19.4 Å². The van der Waals surface area contributed by atoms with Crippen LogP contribution in [0.1, 0.15) is 74.7 Å². The Kier molecular flexibility index (Phi) is 9.18. The second-order valence-electron chi connectivity index (χ2n) is 12.8. The first-order valence-corrected chi connectivity index (χ1v) is 16.2. The summed E-state index contributed by atoms with van der Waals surface area (Å²) in [4.78, 5) is 37.2. The number of piperidine rings is 1. The molecule has 2 atom stereocenters. The second-order valence-corrected chi connectivity index (χ2v) is 12.8. The lowest BCUT2D eigenvalue weighted by Gasteiger charge is -2.39. The monoisotopic (exact) mass is 605 g/mol. The van der Waals surface area contributed by atoms with E-state index in [1.165, 1.54) is 6.07 Å². The first-order chi connectivity index (χ1) is 21.3. The summed E-state index contributed by atoms with van der Waals surface area (Å²) in [6.45, 7) is 7.59. The van der Waals surface area contributed by atoms with Gasteiger partial charge in [0.05, 0.1) is 23.9 Å². The average Bonchev–Trinajstić information content (AvgIpc) is 3.77. The number of rotatable bonds is 10. The minimum Gasteiger partial charge on any atom is -0.449 e. The summed E-state index contributed by atoms with van der Waals surface area (Å²) >= 11 is 0. The van der Waals surface area contributed by atoms with Gasteiger partial charge in [-0.2, -0.15) is 0 Å². The molecule has 1 saturated carbocycles. The predicted octanol–water partition coefficient (Wildman–Crippen LogP) is 5.15. The van der Waals surface area contributed by atoms with E-state index >= 15 is 4.39 Å². The van der Waals surface area contributed by atoms with E-state index in [9.17, 15) is 14.7 Å². The number of hydrogen-bond donors (Lipinski definition) is 1. The number of fused-ring (bicyclic) bond motifs is 1. The predicted molar refractivity (Wildman–Crippen MR) is 168 cm³/mol. The van der Waals surface area contributed by atoms with E-state index in [-0.39, 0.29) is 23.6 Å². The van der Waals surface area contributed by atoms with E-state index in [0.29, 0.717) is 68.9 Å². The zero-order valence-electron chi connectivity index (χ0n) is 25.9. The maximum Gasteiger partial charge on any atom is 0.409 e. The molecular weight excluding hydrogens is 561 g/mol. The van der Waals surface area contributed by atoms with E-state index in [2.05, 4.69) is 27.4 Å². The molecule has 3 aliphatic rings. The molecule has 9 nitrogen and oxygen atoms in total. The van der Waals surface area contributed by atoms with Crippen molar-refractivity contribution in [3.8, 4) is 0 Å². The van der Waals surface area contributed by atoms with Crippen molar-refractivity contribution in [2.45, 2.75) is 90.1 Å². The van der Waals surface area contributed by atoms with Crippen LogP contribution < -0.4 is 10.3 Å². The molecule has 10 heteroatoms. The van der Waals surface area contributed by atoms with Crippen molar-refractivity contribution < 1.29 is 19.0 Å². The number of ether oxygens (including phenoxy) is 1. The molecule has 44 heavy (non-hydrogen) atoms. The van der Waals surface area contributed by atoms with Gasteiger partial charge in [0.25, 0.3) is 0 Å². The van der Waals surface area contributed by atoms with Gasteiger partial charge in [0, 0.05) is 80.4 Å². The normalized spacial score (nSPS) is 20.6. The maximum absolute atomic E-state index is 15.5. The molecule has 1 amide bonds. The number of aromatic nitrogens is 2. The van der Waals surface area contributed by atoms with Crippen LogP contribution in [-0.4, -0.2) is 75.5 Å². The van der Waals surface area contributed by atoms with E-state index in [4.69, 9.17) is 4.74 Å². The van der Waals surface area contributed by atoms with Crippen molar-refractivity contribution in [2.24, 2.45) is 0 Å². The zero-order valence-corrected chi connectivity index (χ0v) is 25.9. The zero-order chi connectivity index (χ0) is 30.8. The van der Waals surface area contributed by atoms with Crippen LogP contribution >= 0.6 is 0 Å². The summed E-state index contributed by atoms with van der Waals surface area (Å²) in [7, 11) is 0. The van der Waals surface area contributed by atoms with Crippen LogP contribution in [0.5, 0.6) is 0 Å². The van der Waals surface area contributed by atoms with Crippen LogP contribution in [0.25, 0.3) is 10.9 Å². The molecule has 2 aromatic heterocycles. The molecule has 2 saturated heterocycles. The van der Waals surface area contributed by atoms with Crippen LogP contribution in [-0.2, 0) is 17.8 Å². The fourth-order valence-electron chi connectivity index (χ4n) is 6.67. The van der Waals surface area contributed by atoms with Crippen LogP contribution in [0.15, 0.2) is 41.5 Å². The number of likely N-dealkylation sites (tertiary alicyclic amines) is 1. The summed E-state index contributed by atoms with van der Waals surface area (Å²) in [6.07, 6.45) is 9.23. The van der Waals surface area contributed by atoms with Crippen molar-refractivity contribution in [2.75, 3.05) is 37.7 Å². The van der Waals surface area contributed by atoms with Gasteiger partial charge >= 0.3 is 6.09 Å². The quantitative estimate of drug-likeness (QED) is 0.320. The van der Waals surface area contributed by atoms with Gasteiger partial charge in [-0.25, -0.2) is 9.18 Å². The summed E-state index contributed by atoms with van der Waals surface area (Å²) in [5.41, 5.74) is 3.66. The third-order valence-corrected chi connectivity index (χ3v) is 9.23. The number of carbonyl (C=O) groups is 1. The molecule has 2 aliphatic heterocycles. The Morgan fingerprint density at radius 3 is 2.70 bits per heavy atom. The third kappa shape index (κ3) is 6.76. The number of aliphatic hydroxyl groups excluding tert-OH is 1. The molecule has 0 spiro atoms. The molecule has 0 bridgehead atoms. The van der Waals surface area contributed by atoms with Crippen LogP contribution in [0.2, 0.25) is 0 Å². The highest BCUT2D eigenvalue weighted by Crippen LogP contribution is 2.38. The van der Waals surface area contributed by atoms with Crippen molar-refractivity contribution in [3.63, 3.8) is 0 Å². The van der Waals surface area contributed by atoms with E-state index in [1.807, 2.05) is 24.1 Å². The van der Waals surface area contributed by atoms with Gasteiger partial charge in [0.15, 0.2) is 5.43 Å². The van der Waals surface area contributed by atoms with Crippen LogP contribution in [0.4, 0.5) is 14.9 Å². The van der Waals surface area contributed by atoms with Gasteiger partial charge in [-0.3, -0.25) is 14.7 Å². The number of aryl methyl sites for hydroxylation is 1. The lowest BCUT2D eigenvalue weighted by Crippen LogP contribution is -2.49. The molecule has 4 heterocycles. The Bertz CT molecular complexity index is 1560. The van der Waals surface area contributed by atoms with E-state index in [1.54, 1.807) is 17.2 Å². The number of hydrogen-bond acceptors (Lipinski definition) is 7. The number of β-amino-alcohol motifs (C(OH)–C–C–N with tert-alkyl or cyclic N) is 1. The fraction of sp³-hybridized carbons (Fsp3) is 0.559. The standard InChI is InChI=1S/C34H44FN5O4/c1-3-4-14-44-34(43)38-12-5-6-27(21-38)39(18-24-9-11-36-23(2)15-24)19-25-20-40(26-7-8-26)31-17-32(37-13-10-28(41)22-37)30(35)16-29(31)33(25)42/h9,11,15-17,20,26-28,41H,3-8,10,12-14,18-19,21-22H2,1-2H3/t27-,28+/m0/s1. The number of amides is 1. The highest BCUT2D eigenvalue weighted by molar-refractivity contribution is 5.84. The smallest absolute Gasteiger partial charge is 0.409 e. The summed E-state index contributed by atoms with van der Waals surface area (Å²) < 4.78 is 23.2. The SMILES string of the molecule is CCCCOC(=O)N1CCC[C@H](N(Cc2ccnc(C)c2)Cc2cn(C3CC3)c3cc(N4CC[C@@H](O)C4)c(F)cc3c2=O)C1. The minimum atomic E-state index is -0.470. The maximum atomic E-state index is 15.5. The van der Waals surface area contributed by atoms with Gasteiger partial charge in [0.2, 0.25) is 0 Å². The Hall–Kier alpha value is -3.50. The molecular formula is C34H44FN5O4. The first-order valence-electron chi connectivity index (χ1n) is 16.2. The van der Waals surface area contributed by atoms with Gasteiger partial charge in [-0.05, 0) is 75.3 Å². The fourth-order valence-corrected chi connectivity index (χ4v) is 6.67. The van der Waals surface area contributed by atoms with E-state index in [0.717, 1.165) is 55.3 Å². The molecule has 0 unspecified atom stereocenters. The number of benzene rings is 1. The number of unbranched alkanes of at least 4 members (excludes halogenated alkanes) is 1. The van der Waals surface area contributed by atoms with E-state index < -0.39 is 11.9 Å². The van der Waals surface area contributed by atoms with Crippen molar-refractivity contribution in [3.05, 3.63) is 69.5 Å². The van der Waals surface area contributed by atoms with Gasteiger partial charge < -0.3 is 24.2 Å². The molecule has 236 valence electrons. The molecule has 1 N–H and O–H groups in total. The number of halogens is 1. The van der Waals surface area contributed by atoms with Gasteiger partial charge in [-0.15, -0.1) is 0 Å². The Balaban J connectivity index is 1.33. The topological polar surface area (TPSA) is 91.1 Å². The third-order valence-electron chi connectivity index (χ3n) is 9.23. The second kappa shape index (κ2) is 13.2. The Morgan fingerprint density at radius 1 is 1.14 bits per heavy atom. The van der Waals surface area contributed by atoms with Crippen LogP contribution in [0, 0.1) is 12.7 Å². The molecule has 3 aromatic rings. The number of anilines is 1. The molecule has 3 fully saturated rings. The number of carbonyl (C=O) groups excluding carboxylic acids is 1. The lowest BCUT2D eigenvalue weighted by molar-refractivity contribution is 0.0585. The molecule has 0 radical (unpaired) electrons. The van der Waals surface area contributed by atoms with Gasteiger partial charge in [-0.1, -0.05) is 13.3 Å². The highest BCUT2D eigenvalue weighted by atomic mass is 19.1. The lowest BCUT2D eigenvalue weighted by atomic mass is 10.0. The number of nitrogens with zero attached hydrogens (tertiary/aromatic N) is 5. The number of aliphatic hydroxyl groups is 1. The van der Waals surface area contributed by atoms with Gasteiger partial charge in [0.1, 0.15) is 5.82 Å². The van der Waals surface area contributed by atoms with Crippen molar-refractivity contribution >= 4 is 22.7 Å². The minimum absolute atomic E-state index is 0.0288. The Morgan fingerprint density at radius 2 is 1.98 bits per heavy atom. The first kappa shape index (κ1) is 30.5. The summed E-state index contributed by atoms with van der Waals surface area (Å²) in [5, 5.41) is 10.4.